The molecule has 1 atom stereocenters. The van der Waals surface area contributed by atoms with Gasteiger partial charge >= 0.3 is 0 Å². The van der Waals surface area contributed by atoms with Crippen LogP contribution in [-0.2, 0) is 4.74 Å². The predicted octanol–water partition coefficient (Wildman–Crippen LogP) is 4.14. The van der Waals surface area contributed by atoms with Gasteiger partial charge in [-0.1, -0.05) is 64.7 Å². The van der Waals surface area contributed by atoms with Gasteiger partial charge in [0, 0.05) is 13.2 Å². The zero-order valence-electron chi connectivity index (χ0n) is 12.3. The van der Waals surface area contributed by atoms with Crippen molar-refractivity contribution in [3.05, 3.63) is 0 Å². The summed E-state index contributed by atoms with van der Waals surface area (Å²) in [5, 5.41) is 3.30. The van der Waals surface area contributed by atoms with Gasteiger partial charge in [-0.3, -0.25) is 0 Å². The third kappa shape index (κ3) is 12.2. The number of nitrogens with one attached hydrogen (secondary N) is 1. The first-order valence-corrected chi connectivity index (χ1v) is 7.51. The molecule has 104 valence electrons. The molecule has 0 aliphatic heterocycles. The zero-order chi connectivity index (χ0) is 12.8. The largest absolute Gasteiger partial charge is 0.383 e. The van der Waals surface area contributed by atoms with E-state index >= 15 is 0 Å². The monoisotopic (exact) mass is 243 g/mol. The van der Waals surface area contributed by atoms with Gasteiger partial charge in [0.25, 0.3) is 0 Å². The van der Waals surface area contributed by atoms with Gasteiger partial charge in [0.1, 0.15) is 0 Å². The Kier molecular flexibility index (Phi) is 13.9. The number of rotatable bonds is 13. The van der Waals surface area contributed by atoms with Crippen molar-refractivity contribution in [1.82, 2.24) is 5.32 Å². The van der Waals surface area contributed by atoms with E-state index in [1.807, 2.05) is 7.05 Å². The van der Waals surface area contributed by atoms with Crippen LogP contribution in [0.15, 0.2) is 0 Å². The average Bonchev–Trinajstić information content (AvgIpc) is 2.35. The second-order valence-corrected chi connectivity index (χ2v) is 5.06. The summed E-state index contributed by atoms with van der Waals surface area (Å²) in [4.78, 5) is 0. The van der Waals surface area contributed by atoms with Gasteiger partial charge in [0.2, 0.25) is 0 Å². The Morgan fingerprint density at radius 3 is 1.88 bits per heavy atom. The Hall–Kier alpha value is -0.0800. The quantitative estimate of drug-likeness (QED) is 0.491. The fourth-order valence-corrected chi connectivity index (χ4v) is 2.21. The molecule has 0 rings (SSSR count). The molecule has 1 N–H and O–H groups in total. The molecule has 0 aliphatic rings. The summed E-state index contributed by atoms with van der Waals surface area (Å²) in [5.74, 6) is 0. The third-order valence-corrected chi connectivity index (χ3v) is 3.43. The van der Waals surface area contributed by atoms with Crippen molar-refractivity contribution in [3.8, 4) is 0 Å². The maximum Gasteiger partial charge on any atom is 0.0615 e. The summed E-state index contributed by atoms with van der Waals surface area (Å²) in [5.41, 5.74) is 0. The number of hydrogen-bond donors (Lipinski definition) is 1. The van der Waals surface area contributed by atoms with Crippen LogP contribution in [0.1, 0.15) is 71.1 Å². The number of ether oxygens (including phenoxy) is 1. The minimum atomic E-state index is 0.546. The molecule has 0 amide bonds. The standard InChI is InChI=1S/C15H33NO/c1-4-5-6-7-8-9-10-11-12-13-15(16-2)14-17-3/h15-16H,4-14H2,1-3H3. The summed E-state index contributed by atoms with van der Waals surface area (Å²) in [7, 11) is 3.80. The van der Waals surface area contributed by atoms with Crippen molar-refractivity contribution in [2.24, 2.45) is 0 Å². The lowest BCUT2D eigenvalue weighted by molar-refractivity contribution is 0.164. The van der Waals surface area contributed by atoms with Crippen molar-refractivity contribution in [2.45, 2.75) is 77.2 Å². The van der Waals surface area contributed by atoms with E-state index in [4.69, 9.17) is 4.74 Å². The third-order valence-electron chi connectivity index (χ3n) is 3.43. The minimum absolute atomic E-state index is 0.546. The van der Waals surface area contributed by atoms with Gasteiger partial charge in [-0.15, -0.1) is 0 Å². The lowest BCUT2D eigenvalue weighted by atomic mass is 10.0. The molecule has 1 unspecified atom stereocenters. The van der Waals surface area contributed by atoms with Crippen molar-refractivity contribution in [1.29, 1.82) is 0 Å². The summed E-state index contributed by atoms with van der Waals surface area (Å²) in [6, 6.07) is 0.546. The van der Waals surface area contributed by atoms with E-state index in [9.17, 15) is 0 Å². The van der Waals surface area contributed by atoms with Crippen LogP contribution in [0.3, 0.4) is 0 Å². The average molecular weight is 243 g/mol. The SMILES string of the molecule is CCCCCCCCCCCC(COC)NC. The van der Waals surface area contributed by atoms with Crippen LogP contribution >= 0.6 is 0 Å². The summed E-state index contributed by atoms with van der Waals surface area (Å²) < 4.78 is 5.17. The van der Waals surface area contributed by atoms with E-state index in [0.29, 0.717) is 6.04 Å². The molecule has 17 heavy (non-hydrogen) atoms. The van der Waals surface area contributed by atoms with Gasteiger partial charge in [0.15, 0.2) is 0 Å². The lowest BCUT2D eigenvalue weighted by Gasteiger charge is -2.14. The van der Waals surface area contributed by atoms with Gasteiger partial charge in [0.05, 0.1) is 6.61 Å². The van der Waals surface area contributed by atoms with Crippen molar-refractivity contribution in [3.63, 3.8) is 0 Å². The molecule has 0 heterocycles. The molecule has 0 aromatic rings. The van der Waals surface area contributed by atoms with Gasteiger partial charge in [-0.25, -0.2) is 0 Å². The first-order valence-electron chi connectivity index (χ1n) is 7.51. The second-order valence-electron chi connectivity index (χ2n) is 5.06. The Balaban J connectivity index is 3.11. The molecular formula is C15H33NO. The summed E-state index contributed by atoms with van der Waals surface area (Å²) >= 11 is 0. The Morgan fingerprint density at radius 2 is 1.41 bits per heavy atom. The molecule has 0 fully saturated rings. The molecule has 0 bridgehead atoms. The van der Waals surface area contributed by atoms with Crippen LogP contribution in [0.4, 0.5) is 0 Å². The number of unbranched alkanes of at least 4 members (excludes halogenated alkanes) is 8. The maximum absolute atomic E-state index is 5.17. The van der Waals surface area contributed by atoms with Gasteiger partial charge < -0.3 is 10.1 Å². The van der Waals surface area contributed by atoms with E-state index in [2.05, 4.69) is 12.2 Å². The van der Waals surface area contributed by atoms with Crippen LogP contribution in [0.25, 0.3) is 0 Å². The fraction of sp³-hybridized carbons (Fsp3) is 1.00. The normalized spacial score (nSPS) is 12.9. The Morgan fingerprint density at radius 1 is 0.882 bits per heavy atom. The zero-order valence-corrected chi connectivity index (χ0v) is 12.3. The Bertz CT molecular complexity index is 139. The summed E-state index contributed by atoms with van der Waals surface area (Å²) in [6.45, 7) is 3.12. The van der Waals surface area contributed by atoms with E-state index in [1.54, 1.807) is 7.11 Å². The molecule has 0 spiro atoms. The van der Waals surface area contributed by atoms with Gasteiger partial charge in [-0.05, 0) is 13.5 Å². The Labute approximate surface area is 109 Å². The first-order chi connectivity index (χ1) is 8.35. The highest BCUT2D eigenvalue weighted by Gasteiger charge is 2.03. The van der Waals surface area contributed by atoms with E-state index in [0.717, 1.165) is 6.61 Å². The van der Waals surface area contributed by atoms with Gasteiger partial charge in [-0.2, -0.15) is 0 Å². The molecule has 2 nitrogen and oxygen atoms in total. The number of likely N-dealkylation sites (N-methyl/N-ethyl adjacent to an activating group) is 1. The van der Waals surface area contributed by atoms with Crippen LogP contribution in [0.2, 0.25) is 0 Å². The van der Waals surface area contributed by atoms with Crippen molar-refractivity contribution < 1.29 is 4.74 Å². The van der Waals surface area contributed by atoms with E-state index < -0.39 is 0 Å². The van der Waals surface area contributed by atoms with Crippen molar-refractivity contribution in [2.75, 3.05) is 20.8 Å². The predicted molar refractivity (Wildman–Crippen MR) is 76.6 cm³/mol. The minimum Gasteiger partial charge on any atom is -0.383 e. The fourth-order valence-electron chi connectivity index (χ4n) is 2.21. The van der Waals surface area contributed by atoms with E-state index in [-0.39, 0.29) is 0 Å². The molecule has 0 aliphatic carbocycles. The summed E-state index contributed by atoms with van der Waals surface area (Å²) in [6.07, 6.45) is 13.9. The van der Waals surface area contributed by atoms with Crippen molar-refractivity contribution >= 4 is 0 Å². The smallest absolute Gasteiger partial charge is 0.0615 e. The highest BCUT2D eigenvalue weighted by molar-refractivity contribution is 4.63. The molecular weight excluding hydrogens is 210 g/mol. The lowest BCUT2D eigenvalue weighted by Crippen LogP contribution is -2.29. The molecule has 0 aromatic carbocycles. The molecule has 0 saturated heterocycles. The molecule has 0 radical (unpaired) electrons. The number of hydrogen-bond acceptors (Lipinski definition) is 2. The number of methoxy groups -OCH3 is 1. The maximum atomic E-state index is 5.17. The highest BCUT2D eigenvalue weighted by atomic mass is 16.5. The highest BCUT2D eigenvalue weighted by Crippen LogP contribution is 2.11. The topological polar surface area (TPSA) is 21.3 Å². The molecule has 0 aromatic heterocycles. The van der Waals surface area contributed by atoms with Crippen LogP contribution in [0.5, 0.6) is 0 Å². The molecule has 0 saturated carbocycles. The van der Waals surface area contributed by atoms with Crippen LogP contribution in [0, 0.1) is 0 Å². The first kappa shape index (κ1) is 16.9. The van der Waals surface area contributed by atoms with E-state index in [1.165, 1.54) is 64.2 Å². The van der Waals surface area contributed by atoms with Crippen LogP contribution in [-0.4, -0.2) is 26.8 Å². The second kappa shape index (κ2) is 14.0. The molecule has 2 heteroatoms. The van der Waals surface area contributed by atoms with Crippen LogP contribution < -0.4 is 5.32 Å².